The van der Waals surface area contributed by atoms with Gasteiger partial charge in [-0.05, 0) is 41.9 Å². The first-order valence-corrected chi connectivity index (χ1v) is 8.96. The number of nitrogens with zero attached hydrogens (tertiary/aromatic N) is 2. The number of aryl methyl sites for hydroxylation is 1. The first kappa shape index (κ1) is 17.5. The van der Waals surface area contributed by atoms with E-state index < -0.39 is 0 Å². The molecule has 6 heteroatoms. The number of thioether (sulfide) groups is 1. The lowest BCUT2D eigenvalue weighted by atomic mass is 10.1. The molecule has 2 aromatic rings. The molecule has 0 radical (unpaired) electrons. The molecule has 1 amide bonds. The third-order valence-electron chi connectivity index (χ3n) is 3.68. The zero-order valence-corrected chi connectivity index (χ0v) is 15.1. The molecule has 0 spiro atoms. The van der Waals surface area contributed by atoms with E-state index in [1.807, 2.05) is 24.3 Å². The van der Waals surface area contributed by atoms with Crippen LogP contribution in [0, 0.1) is 5.82 Å². The fourth-order valence-corrected chi connectivity index (χ4v) is 3.42. The highest BCUT2D eigenvalue weighted by Crippen LogP contribution is 2.33. The van der Waals surface area contributed by atoms with Crippen molar-refractivity contribution in [3.8, 4) is 0 Å². The number of hydrogen-bond acceptors (Lipinski definition) is 4. The Kier molecular flexibility index (Phi) is 5.40. The normalized spacial score (nSPS) is 16.4. The van der Waals surface area contributed by atoms with Crippen LogP contribution in [-0.2, 0) is 11.2 Å². The van der Waals surface area contributed by atoms with Crippen LogP contribution in [0.1, 0.15) is 23.6 Å². The van der Waals surface area contributed by atoms with Crippen LogP contribution in [0.3, 0.4) is 0 Å². The Hall–Kier alpha value is -2.31. The second-order valence-electron chi connectivity index (χ2n) is 5.35. The molecule has 25 heavy (non-hydrogen) atoms. The topological polar surface area (TPSA) is 32.7 Å². The van der Waals surface area contributed by atoms with Crippen LogP contribution < -0.4 is 0 Å². The molecule has 0 unspecified atom stereocenters. The molecule has 0 bridgehead atoms. The molecule has 1 aliphatic heterocycles. The van der Waals surface area contributed by atoms with Crippen LogP contribution in [0.25, 0.3) is 6.08 Å². The highest BCUT2D eigenvalue weighted by atomic mass is 32.2. The Morgan fingerprint density at radius 3 is 2.60 bits per heavy atom. The van der Waals surface area contributed by atoms with Gasteiger partial charge in [-0.1, -0.05) is 61.2 Å². The first-order valence-electron chi connectivity index (χ1n) is 7.74. The predicted molar refractivity (Wildman–Crippen MR) is 105 cm³/mol. The van der Waals surface area contributed by atoms with Gasteiger partial charge >= 0.3 is 0 Å². The summed E-state index contributed by atoms with van der Waals surface area (Å²) in [5.41, 5.74) is 2.46. The van der Waals surface area contributed by atoms with Gasteiger partial charge in [0.2, 0.25) is 0 Å². The third-order valence-corrected chi connectivity index (χ3v) is 4.96. The van der Waals surface area contributed by atoms with E-state index in [0.29, 0.717) is 14.8 Å². The van der Waals surface area contributed by atoms with Crippen molar-refractivity contribution >= 4 is 46.5 Å². The molecule has 1 saturated heterocycles. The van der Waals surface area contributed by atoms with Gasteiger partial charge in [-0.25, -0.2) is 4.39 Å². The Labute approximate surface area is 155 Å². The number of benzene rings is 2. The molecule has 3 rings (SSSR count). The van der Waals surface area contributed by atoms with Crippen molar-refractivity contribution in [1.82, 2.24) is 5.01 Å². The van der Waals surface area contributed by atoms with Gasteiger partial charge in [0, 0.05) is 5.56 Å². The van der Waals surface area contributed by atoms with Gasteiger partial charge in [0.15, 0.2) is 4.32 Å². The molecule has 1 fully saturated rings. The number of carbonyl (C=O) groups excluding carboxylic acids is 1. The number of amides is 1. The molecule has 2 aromatic carbocycles. The number of hydrogen-bond donors (Lipinski definition) is 0. The quantitative estimate of drug-likeness (QED) is 0.447. The predicted octanol–water partition coefficient (Wildman–Crippen LogP) is 4.62. The summed E-state index contributed by atoms with van der Waals surface area (Å²) in [5, 5.41) is 5.35. The summed E-state index contributed by atoms with van der Waals surface area (Å²) in [4.78, 5) is 12.8. The highest BCUT2D eigenvalue weighted by Gasteiger charge is 2.32. The van der Waals surface area contributed by atoms with Gasteiger partial charge in [0.1, 0.15) is 5.82 Å². The van der Waals surface area contributed by atoms with Gasteiger partial charge in [0.05, 0.1) is 11.1 Å². The number of thiocarbonyl (C=S) groups is 1. The maximum absolute atomic E-state index is 13.8. The standard InChI is InChI=1S/C19H15FN2OS2/c1-2-13-7-9-14(10-8-13)12-21-22-18(23)17(25-19(22)24)11-15-5-3-4-6-16(15)20/h3-12H,2H2,1H3/b17-11+,21-12+. The van der Waals surface area contributed by atoms with Crippen molar-refractivity contribution in [3.05, 3.63) is 75.9 Å². The summed E-state index contributed by atoms with van der Waals surface area (Å²) in [6.45, 7) is 2.09. The van der Waals surface area contributed by atoms with Crippen LogP contribution in [0.4, 0.5) is 4.39 Å². The van der Waals surface area contributed by atoms with Crippen molar-refractivity contribution in [1.29, 1.82) is 0 Å². The van der Waals surface area contributed by atoms with Crippen LogP contribution in [0.5, 0.6) is 0 Å². The second-order valence-corrected chi connectivity index (χ2v) is 7.03. The van der Waals surface area contributed by atoms with Crippen molar-refractivity contribution in [2.45, 2.75) is 13.3 Å². The maximum atomic E-state index is 13.8. The summed E-state index contributed by atoms with van der Waals surface area (Å²) in [6, 6.07) is 14.2. The molecule has 0 saturated carbocycles. The highest BCUT2D eigenvalue weighted by molar-refractivity contribution is 8.26. The van der Waals surface area contributed by atoms with Crippen molar-refractivity contribution in [2.75, 3.05) is 0 Å². The third kappa shape index (κ3) is 4.03. The van der Waals surface area contributed by atoms with Crippen molar-refractivity contribution in [3.63, 3.8) is 0 Å². The van der Waals surface area contributed by atoms with Gasteiger partial charge in [-0.3, -0.25) is 4.79 Å². The van der Waals surface area contributed by atoms with Crippen LogP contribution in [-0.4, -0.2) is 21.5 Å². The van der Waals surface area contributed by atoms with Crippen molar-refractivity contribution in [2.24, 2.45) is 5.10 Å². The number of hydrazone groups is 1. The SMILES string of the molecule is CCc1ccc(/C=N/N2C(=O)/C(=C\c3ccccc3F)SC2=S)cc1. The van der Waals surface area contributed by atoms with Gasteiger partial charge in [0.25, 0.3) is 5.91 Å². The molecule has 0 atom stereocenters. The Bertz CT molecular complexity index is 875. The van der Waals surface area contributed by atoms with E-state index in [9.17, 15) is 9.18 Å². The lowest BCUT2D eigenvalue weighted by Crippen LogP contribution is -2.22. The smallest absolute Gasteiger partial charge is 0.266 e. The van der Waals surface area contributed by atoms with E-state index in [1.54, 1.807) is 24.4 Å². The molecule has 0 aliphatic carbocycles. The fourth-order valence-electron chi connectivity index (χ4n) is 2.26. The first-order chi connectivity index (χ1) is 12.1. The molecular weight excluding hydrogens is 355 g/mol. The molecule has 0 aromatic heterocycles. The lowest BCUT2D eigenvalue weighted by molar-refractivity contribution is -0.122. The van der Waals surface area contributed by atoms with E-state index >= 15 is 0 Å². The minimum Gasteiger partial charge on any atom is -0.266 e. The summed E-state index contributed by atoms with van der Waals surface area (Å²) in [6.07, 6.45) is 4.06. The Morgan fingerprint density at radius 2 is 1.92 bits per heavy atom. The molecule has 3 nitrogen and oxygen atoms in total. The largest absolute Gasteiger partial charge is 0.286 e. The summed E-state index contributed by atoms with van der Waals surface area (Å²) in [7, 11) is 0. The number of carbonyl (C=O) groups is 1. The average molecular weight is 370 g/mol. The van der Waals surface area contributed by atoms with E-state index in [-0.39, 0.29) is 11.7 Å². The van der Waals surface area contributed by atoms with E-state index in [0.717, 1.165) is 23.7 Å². The molecule has 126 valence electrons. The maximum Gasteiger partial charge on any atom is 0.286 e. The van der Waals surface area contributed by atoms with E-state index in [1.165, 1.54) is 22.7 Å². The summed E-state index contributed by atoms with van der Waals surface area (Å²) < 4.78 is 14.1. The van der Waals surface area contributed by atoms with Gasteiger partial charge in [-0.2, -0.15) is 10.1 Å². The van der Waals surface area contributed by atoms with Crippen LogP contribution in [0.15, 0.2) is 58.5 Å². The number of rotatable bonds is 4. The van der Waals surface area contributed by atoms with Gasteiger partial charge < -0.3 is 0 Å². The Morgan fingerprint density at radius 1 is 1.20 bits per heavy atom. The molecular formula is C19H15FN2OS2. The summed E-state index contributed by atoms with van der Waals surface area (Å²) in [5.74, 6) is -0.730. The van der Waals surface area contributed by atoms with Crippen LogP contribution in [0.2, 0.25) is 0 Å². The second kappa shape index (κ2) is 7.72. The van der Waals surface area contributed by atoms with E-state index in [4.69, 9.17) is 12.2 Å². The zero-order chi connectivity index (χ0) is 17.8. The van der Waals surface area contributed by atoms with Gasteiger partial charge in [-0.15, -0.1) is 0 Å². The number of halogens is 1. The zero-order valence-electron chi connectivity index (χ0n) is 13.5. The van der Waals surface area contributed by atoms with E-state index in [2.05, 4.69) is 12.0 Å². The summed E-state index contributed by atoms with van der Waals surface area (Å²) >= 11 is 6.33. The minimum absolute atomic E-state index is 0.328. The Balaban J connectivity index is 1.79. The van der Waals surface area contributed by atoms with Crippen molar-refractivity contribution < 1.29 is 9.18 Å². The molecule has 1 aliphatic rings. The molecule has 0 N–H and O–H groups in total. The average Bonchev–Trinajstić information content (AvgIpc) is 2.89. The van der Waals surface area contributed by atoms with Crippen LogP contribution >= 0.6 is 24.0 Å². The minimum atomic E-state index is -0.382. The monoisotopic (exact) mass is 370 g/mol. The fraction of sp³-hybridized carbons (Fsp3) is 0.105. The lowest BCUT2D eigenvalue weighted by Gasteiger charge is -2.06. The molecule has 1 heterocycles.